The Morgan fingerprint density at radius 1 is 1.33 bits per heavy atom. The first kappa shape index (κ1) is 15.0. The first-order chi connectivity index (χ1) is 9.78. The highest BCUT2D eigenvalue weighted by atomic mass is 127. The van der Waals surface area contributed by atoms with Crippen molar-refractivity contribution in [2.45, 2.75) is 39.7 Å². The number of nitrogens with zero attached hydrogens (tertiary/aromatic N) is 1. The van der Waals surface area contributed by atoms with E-state index in [4.69, 9.17) is 0 Å². The molecule has 0 bridgehead atoms. The van der Waals surface area contributed by atoms with Crippen LogP contribution >= 0.6 is 22.6 Å². The Labute approximate surface area is 138 Å². The Bertz CT molecular complexity index is 705. The van der Waals surface area contributed by atoms with Gasteiger partial charge in [-0.3, -0.25) is 0 Å². The van der Waals surface area contributed by atoms with Crippen LogP contribution in [0, 0.1) is 21.7 Å². The lowest BCUT2D eigenvalue weighted by molar-refractivity contribution is 0.0987. The SMILES string of the molecule is Cc1cc2c(n1-c1ccc(F)cc1I)CC(C)(C)CC2O. The Kier molecular flexibility index (Phi) is 3.64. The first-order valence-corrected chi connectivity index (χ1v) is 8.21. The molecule has 1 aromatic heterocycles. The molecule has 0 saturated heterocycles. The summed E-state index contributed by atoms with van der Waals surface area (Å²) in [6.45, 7) is 6.40. The van der Waals surface area contributed by atoms with Crippen LogP contribution in [0.25, 0.3) is 5.69 Å². The largest absolute Gasteiger partial charge is 0.388 e. The lowest BCUT2D eigenvalue weighted by Gasteiger charge is -2.34. The Balaban J connectivity index is 2.21. The third kappa shape index (κ3) is 2.63. The van der Waals surface area contributed by atoms with E-state index in [-0.39, 0.29) is 11.2 Å². The molecule has 0 amide bonds. The van der Waals surface area contributed by atoms with E-state index < -0.39 is 6.10 Å². The first-order valence-electron chi connectivity index (χ1n) is 7.13. The Morgan fingerprint density at radius 2 is 2.05 bits per heavy atom. The molecule has 3 rings (SSSR count). The molecule has 21 heavy (non-hydrogen) atoms. The summed E-state index contributed by atoms with van der Waals surface area (Å²) in [5.41, 5.74) is 4.31. The summed E-state index contributed by atoms with van der Waals surface area (Å²) < 4.78 is 16.4. The van der Waals surface area contributed by atoms with Crippen molar-refractivity contribution in [2.75, 3.05) is 0 Å². The van der Waals surface area contributed by atoms with E-state index in [0.29, 0.717) is 0 Å². The molecule has 0 fully saturated rings. The van der Waals surface area contributed by atoms with Crippen molar-refractivity contribution in [3.63, 3.8) is 0 Å². The van der Waals surface area contributed by atoms with Crippen molar-refractivity contribution >= 4 is 22.6 Å². The Morgan fingerprint density at radius 3 is 2.71 bits per heavy atom. The molecule has 1 aromatic carbocycles. The van der Waals surface area contributed by atoms with Gasteiger partial charge < -0.3 is 9.67 Å². The molecule has 2 aromatic rings. The van der Waals surface area contributed by atoms with Gasteiger partial charge in [0.15, 0.2) is 0 Å². The number of fused-ring (bicyclic) bond motifs is 1. The van der Waals surface area contributed by atoms with Crippen LogP contribution in [0.2, 0.25) is 0 Å². The third-order valence-corrected chi connectivity index (χ3v) is 5.09. The molecular weight excluding hydrogens is 380 g/mol. The average Bonchev–Trinajstić information content (AvgIpc) is 2.65. The maximum atomic E-state index is 13.4. The van der Waals surface area contributed by atoms with E-state index in [2.05, 4.69) is 47.1 Å². The molecule has 112 valence electrons. The van der Waals surface area contributed by atoms with Gasteiger partial charge in [-0.1, -0.05) is 13.8 Å². The number of aliphatic hydroxyl groups is 1. The fraction of sp³-hybridized carbons (Fsp3) is 0.412. The van der Waals surface area contributed by atoms with Gasteiger partial charge in [-0.15, -0.1) is 0 Å². The van der Waals surface area contributed by atoms with E-state index in [1.54, 1.807) is 6.07 Å². The standard InChI is InChI=1S/C17H19FINO/c1-10-6-12-15(8-17(2,3)9-16(12)21)20(10)14-5-4-11(18)7-13(14)19/h4-7,16,21H,8-9H2,1-3H3. The monoisotopic (exact) mass is 399 g/mol. The number of hydrogen-bond donors (Lipinski definition) is 1. The number of rotatable bonds is 1. The van der Waals surface area contributed by atoms with E-state index in [9.17, 15) is 9.50 Å². The van der Waals surface area contributed by atoms with Gasteiger partial charge >= 0.3 is 0 Å². The fourth-order valence-electron chi connectivity index (χ4n) is 3.34. The molecule has 1 heterocycles. The van der Waals surface area contributed by atoms with Crippen molar-refractivity contribution in [1.82, 2.24) is 4.57 Å². The van der Waals surface area contributed by atoms with Gasteiger partial charge in [0.25, 0.3) is 0 Å². The highest BCUT2D eigenvalue weighted by Gasteiger charge is 2.34. The van der Waals surface area contributed by atoms with Crippen LogP contribution < -0.4 is 0 Å². The number of aliphatic hydroxyl groups excluding tert-OH is 1. The van der Waals surface area contributed by atoms with Crippen molar-refractivity contribution in [3.8, 4) is 5.69 Å². The predicted molar refractivity (Wildman–Crippen MR) is 90.2 cm³/mol. The zero-order valence-electron chi connectivity index (χ0n) is 12.5. The lowest BCUT2D eigenvalue weighted by atomic mass is 9.75. The maximum Gasteiger partial charge on any atom is 0.124 e. The van der Waals surface area contributed by atoms with Crippen LogP contribution in [0.3, 0.4) is 0 Å². The number of benzene rings is 1. The quantitative estimate of drug-likeness (QED) is 0.701. The molecule has 1 aliphatic carbocycles. The van der Waals surface area contributed by atoms with Gasteiger partial charge in [0.1, 0.15) is 5.82 Å². The summed E-state index contributed by atoms with van der Waals surface area (Å²) in [5, 5.41) is 10.4. The van der Waals surface area contributed by atoms with Gasteiger partial charge in [-0.2, -0.15) is 0 Å². The molecule has 0 saturated carbocycles. The second-order valence-corrected chi connectivity index (χ2v) is 7.84. The second-order valence-electron chi connectivity index (χ2n) is 6.68. The van der Waals surface area contributed by atoms with Gasteiger partial charge in [0.2, 0.25) is 0 Å². The maximum absolute atomic E-state index is 13.4. The van der Waals surface area contributed by atoms with Crippen LogP contribution in [0.1, 0.15) is 43.3 Å². The highest BCUT2D eigenvalue weighted by molar-refractivity contribution is 14.1. The van der Waals surface area contributed by atoms with Crippen molar-refractivity contribution in [1.29, 1.82) is 0 Å². The van der Waals surface area contributed by atoms with Gasteiger partial charge in [-0.05, 0) is 72.0 Å². The predicted octanol–water partition coefficient (Wildman–Crippen LogP) is 4.54. The van der Waals surface area contributed by atoms with Crippen LogP contribution in [0.4, 0.5) is 4.39 Å². The van der Waals surface area contributed by atoms with Gasteiger partial charge in [-0.25, -0.2) is 4.39 Å². The minimum absolute atomic E-state index is 0.0699. The normalized spacial score (nSPS) is 20.4. The summed E-state index contributed by atoms with van der Waals surface area (Å²) in [7, 11) is 0. The average molecular weight is 399 g/mol. The van der Waals surface area contributed by atoms with E-state index >= 15 is 0 Å². The van der Waals surface area contributed by atoms with Crippen molar-refractivity contribution < 1.29 is 9.50 Å². The molecule has 1 atom stereocenters. The van der Waals surface area contributed by atoms with Gasteiger partial charge in [0, 0.05) is 20.5 Å². The molecule has 1 aliphatic rings. The highest BCUT2D eigenvalue weighted by Crippen LogP contribution is 2.43. The molecule has 4 heteroatoms. The van der Waals surface area contributed by atoms with Crippen molar-refractivity contribution in [3.05, 3.63) is 50.6 Å². The van der Waals surface area contributed by atoms with E-state index in [1.165, 1.54) is 6.07 Å². The molecule has 0 radical (unpaired) electrons. The summed E-state index contributed by atoms with van der Waals surface area (Å²) in [6, 6.07) is 6.92. The van der Waals surface area contributed by atoms with Crippen LogP contribution in [-0.4, -0.2) is 9.67 Å². The number of hydrogen-bond acceptors (Lipinski definition) is 1. The summed E-state index contributed by atoms with van der Waals surface area (Å²) in [5.74, 6) is -0.220. The molecule has 1 unspecified atom stereocenters. The van der Waals surface area contributed by atoms with Crippen LogP contribution in [0.5, 0.6) is 0 Å². The zero-order chi connectivity index (χ0) is 15.4. The minimum atomic E-state index is -0.415. The van der Waals surface area contributed by atoms with Crippen LogP contribution in [0.15, 0.2) is 24.3 Å². The lowest BCUT2D eigenvalue weighted by Crippen LogP contribution is -2.26. The molecule has 2 nitrogen and oxygen atoms in total. The second kappa shape index (κ2) is 5.09. The van der Waals surface area contributed by atoms with Crippen LogP contribution in [-0.2, 0) is 6.42 Å². The molecule has 1 N–H and O–H groups in total. The zero-order valence-corrected chi connectivity index (χ0v) is 14.6. The number of aromatic nitrogens is 1. The topological polar surface area (TPSA) is 25.2 Å². The molecule has 0 spiro atoms. The van der Waals surface area contributed by atoms with E-state index in [1.807, 2.05) is 13.0 Å². The number of aryl methyl sites for hydroxylation is 1. The summed E-state index contributed by atoms with van der Waals surface area (Å²) in [4.78, 5) is 0. The molecule has 0 aliphatic heterocycles. The minimum Gasteiger partial charge on any atom is -0.388 e. The van der Waals surface area contributed by atoms with E-state index in [0.717, 1.165) is 39.1 Å². The fourth-order valence-corrected chi connectivity index (χ4v) is 4.06. The third-order valence-electron chi connectivity index (χ3n) is 4.22. The summed E-state index contributed by atoms with van der Waals surface area (Å²) >= 11 is 2.17. The molecular formula is C17H19FINO. The summed E-state index contributed by atoms with van der Waals surface area (Å²) in [6.07, 6.45) is 1.28. The van der Waals surface area contributed by atoms with Gasteiger partial charge in [0.05, 0.1) is 11.8 Å². The Hall–Kier alpha value is -0.880. The van der Waals surface area contributed by atoms with Crippen molar-refractivity contribution in [2.24, 2.45) is 5.41 Å². The smallest absolute Gasteiger partial charge is 0.124 e. The number of halogens is 2.